The molecule has 0 fully saturated rings. The molecule has 1 aromatic heterocycles. The number of para-hydroxylation sites is 1. The number of nitrogens with one attached hydrogen (secondary N) is 2. The normalized spacial score (nSPS) is 15.2. The molecule has 0 saturated carbocycles. The second-order valence-electron chi connectivity index (χ2n) is 8.32. The van der Waals surface area contributed by atoms with E-state index >= 15 is 0 Å². The number of anilines is 1. The van der Waals surface area contributed by atoms with Crippen molar-refractivity contribution in [3.8, 4) is 11.5 Å². The standard InChI is InChI=1S/C27H27N3O3/c1-17-8-10-18(11-9-17)26-25-21(20-6-4-5-7-22(20)28-25)14-15-30(26)27(31)29-23-13-12-19(32-2)16-24(23)33-3/h4-13,16,26,28H,14-15H2,1-3H3,(H,29,31)/t26-/m0/s1. The lowest BCUT2D eigenvalue weighted by molar-refractivity contribution is 0.193. The Morgan fingerprint density at radius 2 is 1.82 bits per heavy atom. The van der Waals surface area contributed by atoms with E-state index in [-0.39, 0.29) is 12.1 Å². The topological polar surface area (TPSA) is 66.6 Å². The lowest BCUT2D eigenvalue weighted by atomic mass is 9.92. The summed E-state index contributed by atoms with van der Waals surface area (Å²) in [7, 11) is 3.18. The number of hydrogen-bond acceptors (Lipinski definition) is 3. The van der Waals surface area contributed by atoms with E-state index in [1.54, 1.807) is 26.4 Å². The maximum atomic E-state index is 13.6. The third kappa shape index (κ3) is 3.78. The molecule has 3 aromatic carbocycles. The van der Waals surface area contributed by atoms with Crippen LogP contribution in [-0.4, -0.2) is 36.7 Å². The molecule has 0 unspecified atom stereocenters. The van der Waals surface area contributed by atoms with E-state index in [0.717, 1.165) is 23.2 Å². The minimum atomic E-state index is -0.217. The fourth-order valence-electron chi connectivity index (χ4n) is 4.64. The molecule has 6 heteroatoms. The zero-order chi connectivity index (χ0) is 22.9. The smallest absolute Gasteiger partial charge is 0.322 e. The number of hydrogen-bond donors (Lipinski definition) is 2. The van der Waals surface area contributed by atoms with Gasteiger partial charge in [-0.2, -0.15) is 0 Å². The molecular weight excluding hydrogens is 414 g/mol. The Kier molecular flexibility index (Phi) is 5.42. The Hall–Kier alpha value is -3.93. The summed E-state index contributed by atoms with van der Waals surface area (Å²) in [6.45, 7) is 2.68. The minimum Gasteiger partial charge on any atom is -0.497 e. The SMILES string of the molecule is COc1ccc(NC(=O)N2CCc3c([nH]c4ccccc34)[C@@H]2c2ccc(C)cc2)c(OC)c1. The Morgan fingerprint density at radius 3 is 2.58 bits per heavy atom. The number of aromatic amines is 1. The number of ether oxygens (including phenoxy) is 2. The second-order valence-corrected chi connectivity index (χ2v) is 8.32. The first-order valence-corrected chi connectivity index (χ1v) is 11.0. The molecule has 2 N–H and O–H groups in total. The molecule has 1 atom stereocenters. The number of benzene rings is 3. The van der Waals surface area contributed by atoms with Gasteiger partial charge >= 0.3 is 6.03 Å². The van der Waals surface area contributed by atoms with Gasteiger partial charge in [-0.15, -0.1) is 0 Å². The number of amides is 2. The fraction of sp³-hybridized carbons (Fsp3) is 0.222. The summed E-state index contributed by atoms with van der Waals surface area (Å²) in [5.41, 5.74) is 6.31. The average molecular weight is 442 g/mol. The number of aryl methyl sites for hydroxylation is 1. The van der Waals surface area contributed by atoms with Gasteiger partial charge in [0.1, 0.15) is 11.5 Å². The van der Waals surface area contributed by atoms with E-state index < -0.39 is 0 Å². The number of rotatable bonds is 4. The first-order chi connectivity index (χ1) is 16.1. The highest BCUT2D eigenvalue weighted by atomic mass is 16.5. The number of urea groups is 1. The molecule has 1 aliphatic rings. The molecule has 0 spiro atoms. The molecule has 33 heavy (non-hydrogen) atoms. The van der Waals surface area contributed by atoms with Gasteiger partial charge in [-0.05, 0) is 42.7 Å². The molecule has 2 heterocycles. The van der Waals surface area contributed by atoms with Crippen LogP contribution in [0.2, 0.25) is 0 Å². The summed E-state index contributed by atoms with van der Waals surface area (Å²) in [5.74, 6) is 1.22. The first kappa shape index (κ1) is 20.9. The van der Waals surface area contributed by atoms with Crippen molar-refractivity contribution in [1.82, 2.24) is 9.88 Å². The molecule has 6 nitrogen and oxygen atoms in total. The molecule has 2 amide bonds. The quantitative estimate of drug-likeness (QED) is 0.429. The molecule has 168 valence electrons. The van der Waals surface area contributed by atoms with Crippen molar-refractivity contribution in [3.05, 3.63) is 89.1 Å². The number of methoxy groups -OCH3 is 2. The van der Waals surface area contributed by atoms with Gasteiger partial charge in [-0.3, -0.25) is 0 Å². The van der Waals surface area contributed by atoms with Crippen molar-refractivity contribution in [2.75, 3.05) is 26.1 Å². The summed E-state index contributed by atoms with van der Waals surface area (Å²) in [4.78, 5) is 19.1. The highest BCUT2D eigenvalue weighted by molar-refractivity contribution is 5.93. The second kappa shape index (κ2) is 8.54. The zero-order valence-electron chi connectivity index (χ0n) is 19.0. The maximum Gasteiger partial charge on any atom is 0.322 e. The largest absolute Gasteiger partial charge is 0.497 e. The Balaban J connectivity index is 1.55. The summed E-state index contributed by atoms with van der Waals surface area (Å²) in [6.07, 6.45) is 0.787. The number of aromatic nitrogens is 1. The van der Waals surface area contributed by atoms with Gasteiger partial charge < -0.3 is 24.7 Å². The van der Waals surface area contributed by atoms with Crippen molar-refractivity contribution in [1.29, 1.82) is 0 Å². The predicted molar refractivity (Wildman–Crippen MR) is 130 cm³/mol. The van der Waals surface area contributed by atoms with Crippen molar-refractivity contribution in [2.24, 2.45) is 0 Å². The average Bonchev–Trinajstić information content (AvgIpc) is 3.23. The molecular formula is C27H27N3O3. The number of H-pyrrole nitrogens is 1. The van der Waals surface area contributed by atoms with Crippen LogP contribution in [0.1, 0.15) is 28.4 Å². The molecule has 5 rings (SSSR count). The first-order valence-electron chi connectivity index (χ1n) is 11.0. The van der Waals surface area contributed by atoms with Crippen LogP contribution in [-0.2, 0) is 6.42 Å². The van der Waals surface area contributed by atoms with Gasteiger partial charge in [0, 0.05) is 29.2 Å². The van der Waals surface area contributed by atoms with Crippen LogP contribution >= 0.6 is 0 Å². The molecule has 4 aromatic rings. The highest BCUT2D eigenvalue weighted by Gasteiger charge is 2.34. The fourth-order valence-corrected chi connectivity index (χ4v) is 4.64. The van der Waals surface area contributed by atoms with Crippen LogP contribution in [0.15, 0.2) is 66.7 Å². The predicted octanol–water partition coefficient (Wildman–Crippen LogP) is 5.67. The van der Waals surface area contributed by atoms with Crippen molar-refractivity contribution >= 4 is 22.6 Å². The Labute approximate surface area is 193 Å². The van der Waals surface area contributed by atoms with Gasteiger partial charge in [0.05, 0.1) is 25.9 Å². The van der Waals surface area contributed by atoms with E-state index in [1.165, 1.54) is 16.5 Å². The number of fused-ring (bicyclic) bond motifs is 3. The van der Waals surface area contributed by atoms with Gasteiger partial charge in [-0.25, -0.2) is 4.79 Å². The van der Waals surface area contributed by atoms with Crippen LogP contribution in [0.5, 0.6) is 11.5 Å². The van der Waals surface area contributed by atoms with E-state index in [1.807, 2.05) is 17.0 Å². The van der Waals surface area contributed by atoms with Crippen LogP contribution in [0.3, 0.4) is 0 Å². The van der Waals surface area contributed by atoms with E-state index in [4.69, 9.17) is 9.47 Å². The van der Waals surface area contributed by atoms with Crippen molar-refractivity contribution < 1.29 is 14.3 Å². The van der Waals surface area contributed by atoms with E-state index in [0.29, 0.717) is 23.7 Å². The van der Waals surface area contributed by atoms with Gasteiger partial charge in [0.15, 0.2) is 0 Å². The van der Waals surface area contributed by atoms with Crippen molar-refractivity contribution in [2.45, 2.75) is 19.4 Å². The van der Waals surface area contributed by atoms with Gasteiger partial charge in [0.25, 0.3) is 0 Å². The Morgan fingerprint density at radius 1 is 1.03 bits per heavy atom. The lowest BCUT2D eigenvalue weighted by Gasteiger charge is -2.36. The van der Waals surface area contributed by atoms with Gasteiger partial charge in [0.2, 0.25) is 0 Å². The molecule has 0 aliphatic carbocycles. The summed E-state index contributed by atoms with van der Waals surface area (Å²) in [6, 6.07) is 21.7. The maximum absolute atomic E-state index is 13.6. The lowest BCUT2D eigenvalue weighted by Crippen LogP contribution is -2.43. The van der Waals surface area contributed by atoms with Crippen molar-refractivity contribution in [3.63, 3.8) is 0 Å². The Bertz CT molecular complexity index is 1310. The highest BCUT2D eigenvalue weighted by Crippen LogP contribution is 2.39. The van der Waals surface area contributed by atoms with Crippen LogP contribution in [0, 0.1) is 6.92 Å². The van der Waals surface area contributed by atoms with Crippen LogP contribution < -0.4 is 14.8 Å². The molecule has 1 aliphatic heterocycles. The molecule has 0 saturated heterocycles. The number of nitrogens with zero attached hydrogens (tertiary/aromatic N) is 1. The summed E-state index contributed by atoms with van der Waals surface area (Å²) < 4.78 is 10.8. The third-order valence-corrected chi connectivity index (χ3v) is 6.34. The van der Waals surface area contributed by atoms with E-state index in [9.17, 15) is 4.79 Å². The monoisotopic (exact) mass is 441 g/mol. The zero-order valence-corrected chi connectivity index (χ0v) is 19.0. The van der Waals surface area contributed by atoms with Crippen LogP contribution in [0.4, 0.5) is 10.5 Å². The van der Waals surface area contributed by atoms with E-state index in [2.05, 4.69) is 59.7 Å². The van der Waals surface area contributed by atoms with Gasteiger partial charge in [-0.1, -0.05) is 48.0 Å². The number of carbonyl (C=O) groups excluding carboxylic acids is 1. The summed E-state index contributed by atoms with van der Waals surface area (Å²) >= 11 is 0. The van der Waals surface area contributed by atoms with Crippen LogP contribution in [0.25, 0.3) is 10.9 Å². The third-order valence-electron chi connectivity index (χ3n) is 6.34. The molecule has 0 radical (unpaired) electrons. The molecule has 0 bridgehead atoms. The minimum absolute atomic E-state index is 0.173. The number of carbonyl (C=O) groups is 1. The summed E-state index contributed by atoms with van der Waals surface area (Å²) in [5, 5.41) is 4.27.